The average Bonchev–Trinajstić information content (AvgIpc) is 3.32. The van der Waals surface area contributed by atoms with Gasteiger partial charge in [-0.05, 0) is 66.8 Å². The number of amides is 1. The highest BCUT2D eigenvalue weighted by molar-refractivity contribution is 5.79. The maximum absolute atomic E-state index is 13.9. The summed E-state index contributed by atoms with van der Waals surface area (Å²) >= 11 is 0. The first-order chi connectivity index (χ1) is 16.5. The fraction of sp³-hybridized carbons (Fsp3) is 0.280. The van der Waals surface area contributed by atoms with Gasteiger partial charge in [-0.2, -0.15) is 4.52 Å². The number of carbonyl (C=O) groups excluding carboxylic acids is 1. The van der Waals surface area contributed by atoms with Gasteiger partial charge in [-0.25, -0.2) is 8.78 Å². The Morgan fingerprint density at radius 3 is 2.56 bits per heavy atom. The molecule has 0 aliphatic carbocycles. The number of hydrogen-bond acceptors (Lipinski definition) is 5. The Balaban J connectivity index is 1.26. The lowest BCUT2D eigenvalue weighted by molar-refractivity contribution is -0.126. The van der Waals surface area contributed by atoms with Crippen LogP contribution in [0.3, 0.4) is 0 Å². The summed E-state index contributed by atoms with van der Waals surface area (Å²) in [6.07, 6.45) is 3.27. The highest BCUT2D eigenvalue weighted by atomic mass is 19.1. The molecule has 0 bridgehead atoms. The van der Waals surface area contributed by atoms with Crippen molar-refractivity contribution >= 4 is 17.4 Å². The molecule has 1 amide bonds. The molecule has 2 aromatic carbocycles. The fourth-order valence-corrected chi connectivity index (χ4v) is 4.42. The monoisotopic (exact) mass is 462 g/mol. The molecule has 0 radical (unpaired) electrons. The Kier molecular flexibility index (Phi) is 6.16. The molecule has 1 aliphatic heterocycles. The second kappa shape index (κ2) is 9.54. The molecular weight excluding hydrogens is 438 g/mol. The molecule has 5 rings (SSSR count). The van der Waals surface area contributed by atoms with E-state index in [0.29, 0.717) is 43.6 Å². The molecule has 34 heavy (non-hydrogen) atoms. The van der Waals surface area contributed by atoms with Crippen LogP contribution in [-0.4, -0.2) is 38.8 Å². The van der Waals surface area contributed by atoms with E-state index in [-0.39, 0.29) is 23.5 Å². The van der Waals surface area contributed by atoms with Gasteiger partial charge >= 0.3 is 0 Å². The van der Waals surface area contributed by atoms with Gasteiger partial charge in [0.15, 0.2) is 5.65 Å². The van der Waals surface area contributed by atoms with Crippen LogP contribution >= 0.6 is 0 Å². The van der Waals surface area contributed by atoms with E-state index in [4.69, 9.17) is 0 Å². The van der Waals surface area contributed by atoms with Crippen molar-refractivity contribution in [3.63, 3.8) is 0 Å². The Labute approximate surface area is 195 Å². The molecule has 9 heteroatoms. The predicted octanol–water partition coefficient (Wildman–Crippen LogP) is 3.72. The van der Waals surface area contributed by atoms with Gasteiger partial charge in [0.05, 0.1) is 6.04 Å². The van der Waals surface area contributed by atoms with Crippen LogP contribution in [0.25, 0.3) is 5.65 Å². The quantitative estimate of drug-likeness (QED) is 0.473. The van der Waals surface area contributed by atoms with Gasteiger partial charge in [0.1, 0.15) is 23.8 Å². The molecular formula is C25H24F2N6O. The lowest BCUT2D eigenvalue weighted by atomic mass is 9.93. The summed E-state index contributed by atoms with van der Waals surface area (Å²) in [6, 6.07) is 15.8. The maximum atomic E-state index is 13.9. The first-order valence-corrected chi connectivity index (χ1v) is 11.3. The normalized spacial score (nSPS) is 15.4. The van der Waals surface area contributed by atoms with E-state index in [9.17, 15) is 13.6 Å². The number of fused-ring (bicyclic) bond motifs is 1. The number of halogens is 2. The van der Waals surface area contributed by atoms with E-state index in [1.807, 2.05) is 12.1 Å². The zero-order chi connectivity index (χ0) is 23.5. The van der Waals surface area contributed by atoms with Crippen molar-refractivity contribution in [1.29, 1.82) is 0 Å². The van der Waals surface area contributed by atoms with E-state index in [0.717, 1.165) is 11.4 Å². The molecule has 4 aromatic rings. The molecule has 1 atom stereocenters. The number of carbonyl (C=O) groups is 1. The average molecular weight is 463 g/mol. The smallest absolute Gasteiger partial charge is 0.223 e. The Bertz CT molecular complexity index is 1300. The van der Waals surface area contributed by atoms with Crippen LogP contribution in [0.2, 0.25) is 0 Å². The number of rotatable bonds is 6. The third-order valence-electron chi connectivity index (χ3n) is 6.23. The fourth-order valence-electron chi connectivity index (χ4n) is 4.42. The van der Waals surface area contributed by atoms with Crippen molar-refractivity contribution in [3.05, 3.63) is 89.8 Å². The highest BCUT2D eigenvalue weighted by Gasteiger charge is 2.28. The number of benzene rings is 2. The molecule has 174 valence electrons. The summed E-state index contributed by atoms with van der Waals surface area (Å²) in [5, 5.41) is 15.4. The predicted molar refractivity (Wildman–Crippen MR) is 123 cm³/mol. The third-order valence-corrected chi connectivity index (χ3v) is 6.23. The van der Waals surface area contributed by atoms with Gasteiger partial charge in [-0.1, -0.05) is 24.3 Å². The van der Waals surface area contributed by atoms with Crippen LogP contribution in [0.4, 0.5) is 14.6 Å². The Hall–Kier alpha value is -3.88. The van der Waals surface area contributed by atoms with Crippen LogP contribution in [0.5, 0.6) is 0 Å². The molecule has 1 unspecified atom stereocenters. The van der Waals surface area contributed by atoms with E-state index in [2.05, 4.69) is 25.5 Å². The van der Waals surface area contributed by atoms with E-state index in [1.165, 1.54) is 24.3 Å². The van der Waals surface area contributed by atoms with Crippen molar-refractivity contribution in [2.24, 2.45) is 5.92 Å². The minimum Gasteiger partial charge on any atom is -0.355 e. The summed E-state index contributed by atoms with van der Waals surface area (Å²) in [5.41, 5.74) is 2.07. The van der Waals surface area contributed by atoms with Crippen molar-refractivity contribution in [1.82, 2.24) is 25.1 Å². The second-order valence-corrected chi connectivity index (χ2v) is 8.54. The number of hydrogen-bond donors (Lipinski definition) is 1. The topological polar surface area (TPSA) is 75.4 Å². The van der Waals surface area contributed by atoms with Gasteiger partial charge in [-0.15, -0.1) is 15.3 Å². The molecule has 1 aliphatic rings. The van der Waals surface area contributed by atoms with E-state index in [1.54, 1.807) is 35.1 Å². The van der Waals surface area contributed by atoms with Crippen LogP contribution in [0.1, 0.15) is 30.0 Å². The van der Waals surface area contributed by atoms with Crippen molar-refractivity contribution in [2.75, 3.05) is 18.0 Å². The molecule has 0 spiro atoms. The SMILES string of the molecule is O=C(NC(Cc1cccc(F)c1)c1cccc(F)c1)C1CCN(c2ccc3nncn3n2)CC1. The van der Waals surface area contributed by atoms with Gasteiger partial charge in [-0.3, -0.25) is 4.79 Å². The number of nitrogens with one attached hydrogen (secondary N) is 1. The first kappa shape index (κ1) is 21.9. The van der Waals surface area contributed by atoms with Gasteiger partial charge in [0.2, 0.25) is 5.91 Å². The molecule has 1 N–H and O–H groups in total. The highest BCUT2D eigenvalue weighted by Crippen LogP contribution is 2.25. The molecule has 1 saturated heterocycles. The largest absolute Gasteiger partial charge is 0.355 e. The lowest BCUT2D eigenvalue weighted by Crippen LogP contribution is -2.42. The minimum atomic E-state index is -0.458. The second-order valence-electron chi connectivity index (χ2n) is 8.54. The van der Waals surface area contributed by atoms with Gasteiger partial charge in [0.25, 0.3) is 0 Å². The Morgan fingerprint density at radius 1 is 1.03 bits per heavy atom. The van der Waals surface area contributed by atoms with Crippen LogP contribution in [-0.2, 0) is 11.2 Å². The molecule has 7 nitrogen and oxygen atoms in total. The first-order valence-electron chi connectivity index (χ1n) is 11.3. The summed E-state index contributed by atoms with van der Waals surface area (Å²) in [6.45, 7) is 1.38. The van der Waals surface area contributed by atoms with Crippen molar-refractivity contribution in [3.8, 4) is 0 Å². The summed E-state index contributed by atoms with van der Waals surface area (Å²) in [5.74, 6) is -0.143. The van der Waals surface area contributed by atoms with Gasteiger partial charge < -0.3 is 10.2 Å². The van der Waals surface area contributed by atoms with Crippen molar-refractivity contribution in [2.45, 2.75) is 25.3 Å². The maximum Gasteiger partial charge on any atom is 0.223 e. The molecule has 3 heterocycles. The third kappa shape index (κ3) is 4.88. The van der Waals surface area contributed by atoms with Crippen LogP contribution < -0.4 is 10.2 Å². The standard InChI is InChI=1S/C25H24F2N6O/c26-20-5-1-3-17(13-20)14-22(19-4-2-6-21(27)15-19)29-25(34)18-9-11-32(12-10-18)24-8-7-23-30-28-16-33(23)31-24/h1-8,13,15-16,18,22H,9-12,14H2,(H,29,34). The number of aromatic nitrogens is 4. The minimum absolute atomic E-state index is 0.0764. The summed E-state index contributed by atoms with van der Waals surface area (Å²) in [4.78, 5) is 15.3. The van der Waals surface area contributed by atoms with Crippen molar-refractivity contribution < 1.29 is 13.6 Å². The van der Waals surface area contributed by atoms with E-state index >= 15 is 0 Å². The van der Waals surface area contributed by atoms with Gasteiger partial charge in [0, 0.05) is 19.0 Å². The summed E-state index contributed by atoms with van der Waals surface area (Å²) < 4.78 is 29.3. The number of piperidine rings is 1. The Morgan fingerprint density at radius 2 is 1.79 bits per heavy atom. The molecule has 2 aromatic heterocycles. The van der Waals surface area contributed by atoms with Crippen LogP contribution in [0, 0.1) is 17.6 Å². The zero-order valence-electron chi connectivity index (χ0n) is 18.4. The van der Waals surface area contributed by atoms with Crippen LogP contribution in [0.15, 0.2) is 67.0 Å². The van der Waals surface area contributed by atoms with E-state index < -0.39 is 6.04 Å². The summed E-state index contributed by atoms with van der Waals surface area (Å²) in [7, 11) is 0. The number of anilines is 1. The lowest BCUT2D eigenvalue weighted by Gasteiger charge is -2.33. The molecule has 1 fully saturated rings. The molecule has 0 saturated carbocycles. The number of nitrogens with zero attached hydrogens (tertiary/aromatic N) is 5. The zero-order valence-corrected chi connectivity index (χ0v) is 18.4.